The van der Waals surface area contributed by atoms with E-state index in [-0.39, 0.29) is 12.6 Å². The number of nitrogens with zero attached hydrogens (tertiary/aromatic N) is 3. The smallest absolute Gasteiger partial charge is 0.412 e. The van der Waals surface area contributed by atoms with Gasteiger partial charge in [-0.1, -0.05) is 29.8 Å². The number of rotatable bonds is 8. The normalized spacial score (nSPS) is 16.8. The Labute approximate surface area is 225 Å². The van der Waals surface area contributed by atoms with Gasteiger partial charge in [-0.05, 0) is 57.5 Å². The van der Waals surface area contributed by atoms with Crippen LogP contribution < -0.4 is 5.32 Å². The van der Waals surface area contributed by atoms with Gasteiger partial charge in [-0.25, -0.2) is 9.78 Å². The summed E-state index contributed by atoms with van der Waals surface area (Å²) in [5.41, 5.74) is 4.49. The zero-order chi connectivity index (χ0) is 25.9. The van der Waals surface area contributed by atoms with Crippen molar-refractivity contribution >= 4 is 45.6 Å². The number of aliphatic hydroxyl groups excluding tert-OH is 1. The highest BCUT2D eigenvalue weighted by molar-refractivity contribution is 7.13. The largest absolute Gasteiger partial charge is 0.441 e. The second kappa shape index (κ2) is 11.2. The fourth-order valence-electron chi connectivity index (χ4n) is 4.99. The highest BCUT2D eigenvalue weighted by Crippen LogP contribution is 2.33. The van der Waals surface area contributed by atoms with Crippen molar-refractivity contribution in [3.8, 4) is 10.6 Å². The number of benzene rings is 2. The minimum atomic E-state index is -0.534. The molecule has 3 heterocycles. The van der Waals surface area contributed by atoms with Gasteiger partial charge >= 0.3 is 6.09 Å². The van der Waals surface area contributed by atoms with Gasteiger partial charge in [-0.2, -0.15) is 0 Å². The molecule has 37 heavy (non-hydrogen) atoms. The number of thiazole rings is 1. The van der Waals surface area contributed by atoms with Crippen molar-refractivity contribution in [2.75, 3.05) is 18.5 Å². The molecule has 4 aromatic rings. The van der Waals surface area contributed by atoms with Crippen molar-refractivity contribution < 1.29 is 14.6 Å². The SMILES string of the molecule is CCn1cc(NC(=O)O[C@H](C)c2ccccc2Cl)c2cc(-c3nc(CN4CCC[C@H]4CO)cs3)ccc21. The molecule has 0 aliphatic carbocycles. The number of hydrogen-bond acceptors (Lipinski definition) is 6. The maximum absolute atomic E-state index is 12.8. The summed E-state index contributed by atoms with van der Waals surface area (Å²) in [5.74, 6) is 0. The molecule has 9 heteroatoms. The second-order valence-electron chi connectivity index (χ2n) is 9.35. The highest BCUT2D eigenvalue weighted by Gasteiger charge is 2.24. The van der Waals surface area contributed by atoms with E-state index in [1.54, 1.807) is 24.3 Å². The summed E-state index contributed by atoms with van der Waals surface area (Å²) in [6.07, 6.45) is 3.06. The summed E-state index contributed by atoms with van der Waals surface area (Å²) in [4.78, 5) is 20.0. The molecule has 1 saturated heterocycles. The average Bonchev–Trinajstić information content (AvgIpc) is 3.63. The molecule has 0 unspecified atom stereocenters. The lowest BCUT2D eigenvalue weighted by atomic mass is 10.1. The first-order valence-electron chi connectivity index (χ1n) is 12.6. The van der Waals surface area contributed by atoms with Crippen LogP contribution in [0, 0.1) is 0 Å². The summed E-state index contributed by atoms with van der Waals surface area (Å²) in [5, 5.41) is 17.1. The predicted molar refractivity (Wildman–Crippen MR) is 149 cm³/mol. The van der Waals surface area contributed by atoms with Crippen LogP contribution in [-0.2, 0) is 17.8 Å². The first-order valence-corrected chi connectivity index (χ1v) is 13.9. The first-order chi connectivity index (χ1) is 18.0. The van der Waals surface area contributed by atoms with Gasteiger partial charge in [0.1, 0.15) is 11.1 Å². The number of aromatic nitrogens is 2. The van der Waals surface area contributed by atoms with E-state index >= 15 is 0 Å². The maximum atomic E-state index is 12.8. The number of aliphatic hydroxyl groups is 1. The molecular formula is C28H31ClN4O3S. The third kappa shape index (κ3) is 5.52. The summed E-state index contributed by atoms with van der Waals surface area (Å²) in [6.45, 7) is 6.58. The number of likely N-dealkylation sites (tertiary alicyclic amines) is 1. The van der Waals surface area contributed by atoms with Crippen molar-refractivity contribution in [2.24, 2.45) is 0 Å². The van der Waals surface area contributed by atoms with Gasteiger partial charge in [-0.15, -0.1) is 11.3 Å². The van der Waals surface area contributed by atoms with Gasteiger partial charge in [-0.3, -0.25) is 10.2 Å². The molecular weight excluding hydrogens is 508 g/mol. The second-order valence-corrected chi connectivity index (χ2v) is 10.6. The Morgan fingerprint density at radius 3 is 2.95 bits per heavy atom. The number of halogens is 1. The lowest BCUT2D eigenvalue weighted by molar-refractivity contribution is 0.121. The molecule has 0 saturated carbocycles. The zero-order valence-corrected chi connectivity index (χ0v) is 22.6. The minimum absolute atomic E-state index is 0.192. The van der Waals surface area contributed by atoms with E-state index < -0.39 is 12.2 Å². The van der Waals surface area contributed by atoms with Crippen LogP contribution in [0.15, 0.2) is 54.0 Å². The number of nitrogens with one attached hydrogen (secondary N) is 1. The molecule has 0 radical (unpaired) electrons. The lowest BCUT2D eigenvalue weighted by Gasteiger charge is -2.21. The predicted octanol–water partition coefficient (Wildman–Crippen LogP) is 6.70. The van der Waals surface area contributed by atoms with Crippen LogP contribution in [0.4, 0.5) is 10.5 Å². The summed E-state index contributed by atoms with van der Waals surface area (Å²) in [7, 11) is 0. The van der Waals surface area contributed by atoms with E-state index in [0.717, 1.165) is 65.2 Å². The van der Waals surface area contributed by atoms with E-state index in [2.05, 4.69) is 45.3 Å². The number of aryl methyl sites for hydroxylation is 1. The molecule has 0 spiro atoms. The Kier molecular flexibility index (Phi) is 7.81. The minimum Gasteiger partial charge on any atom is -0.441 e. The topological polar surface area (TPSA) is 79.6 Å². The van der Waals surface area contributed by atoms with Crippen LogP contribution >= 0.6 is 22.9 Å². The molecule has 2 aromatic heterocycles. The molecule has 1 aliphatic rings. The van der Waals surface area contributed by atoms with Gasteiger partial charge in [0.15, 0.2) is 0 Å². The Bertz CT molecular complexity index is 1400. The molecule has 1 fully saturated rings. The Morgan fingerprint density at radius 2 is 2.16 bits per heavy atom. The number of amides is 1. The van der Waals surface area contributed by atoms with E-state index in [1.165, 1.54) is 0 Å². The molecule has 2 aromatic carbocycles. The summed E-state index contributed by atoms with van der Waals surface area (Å²) < 4.78 is 7.73. The lowest BCUT2D eigenvalue weighted by Crippen LogP contribution is -2.31. The van der Waals surface area contributed by atoms with Gasteiger partial charge in [0, 0.05) is 52.2 Å². The van der Waals surface area contributed by atoms with E-state index in [1.807, 2.05) is 24.4 Å². The summed E-state index contributed by atoms with van der Waals surface area (Å²) >= 11 is 7.88. The standard InChI is InChI=1S/C28H31ClN4O3S/c1-3-32-15-25(31-28(35)36-18(2)22-8-4-5-9-24(22)29)23-13-19(10-11-26(23)32)27-30-20(17-37-27)14-33-12-6-7-21(33)16-34/h4-5,8-11,13,15,17-18,21,34H,3,6-7,12,14,16H2,1-2H3,(H,31,35)/t18-,21+/m1/s1. The van der Waals surface area contributed by atoms with Crippen molar-refractivity contribution in [3.05, 3.63) is 70.3 Å². The average molecular weight is 539 g/mol. The van der Waals surface area contributed by atoms with Crippen molar-refractivity contribution in [1.82, 2.24) is 14.5 Å². The monoisotopic (exact) mass is 538 g/mol. The highest BCUT2D eigenvalue weighted by atomic mass is 35.5. The van der Waals surface area contributed by atoms with Crippen LogP contribution in [0.25, 0.3) is 21.5 Å². The molecule has 194 valence electrons. The van der Waals surface area contributed by atoms with E-state index in [9.17, 15) is 9.90 Å². The quantitative estimate of drug-likeness (QED) is 0.261. The zero-order valence-electron chi connectivity index (χ0n) is 21.0. The van der Waals surface area contributed by atoms with Crippen molar-refractivity contribution in [1.29, 1.82) is 0 Å². The van der Waals surface area contributed by atoms with Crippen LogP contribution in [-0.4, -0.2) is 44.8 Å². The molecule has 5 rings (SSSR count). The van der Waals surface area contributed by atoms with Crippen LogP contribution in [0.1, 0.15) is 44.1 Å². The van der Waals surface area contributed by atoms with E-state index in [4.69, 9.17) is 21.3 Å². The van der Waals surface area contributed by atoms with E-state index in [0.29, 0.717) is 10.7 Å². The molecule has 2 N–H and O–H groups in total. The van der Waals surface area contributed by atoms with Crippen LogP contribution in [0.2, 0.25) is 5.02 Å². The molecule has 1 amide bonds. The number of carbonyl (C=O) groups is 1. The Morgan fingerprint density at radius 1 is 1.32 bits per heavy atom. The third-order valence-corrected chi connectivity index (χ3v) is 8.24. The van der Waals surface area contributed by atoms with Crippen LogP contribution in [0.3, 0.4) is 0 Å². The first kappa shape index (κ1) is 25.7. The number of carbonyl (C=O) groups excluding carboxylic acids is 1. The maximum Gasteiger partial charge on any atom is 0.412 e. The van der Waals surface area contributed by atoms with Crippen molar-refractivity contribution in [3.63, 3.8) is 0 Å². The molecule has 0 bridgehead atoms. The third-order valence-electron chi connectivity index (χ3n) is 6.96. The Hall–Kier alpha value is -2.91. The molecule has 1 aliphatic heterocycles. The number of hydrogen-bond donors (Lipinski definition) is 2. The van der Waals surface area contributed by atoms with Crippen molar-refractivity contribution in [2.45, 2.75) is 51.9 Å². The number of anilines is 1. The van der Waals surface area contributed by atoms with Gasteiger partial charge < -0.3 is 14.4 Å². The Balaban J connectivity index is 1.35. The fraction of sp³-hybridized carbons (Fsp3) is 0.357. The fourth-order valence-corrected chi connectivity index (χ4v) is 6.09. The van der Waals surface area contributed by atoms with Crippen LogP contribution in [0.5, 0.6) is 0 Å². The molecule has 7 nitrogen and oxygen atoms in total. The summed E-state index contributed by atoms with van der Waals surface area (Å²) in [6, 6.07) is 13.8. The van der Waals surface area contributed by atoms with Gasteiger partial charge in [0.25, 0.3) is 0 Å². The number of fused-ring (bicyclic) bond motifs is 1. The number of ether oxygens (including phenoxy) is 1. The van der Waals surface area contributed by atoms with Gasteiger partial charge in [0.05, 0.1) is 23.5 Å². The molecule has 2 atom stereocenters. The van der Waals surface area contributed by atoms with Gasteiger partial charge in [0.2, 0.25) is 0 Å².